The third-order valence-corrected chi connectivity index (χ3v) is 8.59. The van der Waals surface area contributed by atoms with Crippen LogP contribution in [0.4, 0.5) is 13.2 Å². The number of thiol groups is 1. The fourth-order valence-electron chi connectivity index (χ4n) is 5.79. The zero-order valence-electron chi connectivity index (χ0n) is 23.9. The summed E-state index contributed by atoms with van der Waals surface area (Å²) in [6, 6.07) is 20.4. The topological polar surface area (TPSA) is 49.7 Å². The maximum atomic E-state index is 13.0. The summed E-state index contributed by atoms with van der Waals surface area (Å²) in [7, 11) is 0. The van der Waals surface area contributed by atoms with Gasteiger partial charge in [0.15, 0.2) is 5.78 Å². The van der Waals surface area contributed by atoms with Gasteiger partial charge in [0.25, 0.3) is 0 Å². The second kappa shape index (κ2) is 13.2. The van der Waals surface area contributed by atoms with Crippen LogP contribution in [-0.2, 0) is 19.0 Å². The van der Waals surface area contributed by atoms with Crippen molar-refractivity contribution in [2.24, 2.45) is 10.9 Å². The third kappa shape index (κ3) is 7.57. The number of phenols is 1. The van der Waals surface area contributed by atoms with Crippen LogP contribution in [0.3, 0.4) is 0 Å². The number of aliphatic imine (C=N–C) groups is 1. The van der Waals surface area contributed by atoms with Crippen molar-refractivity contribution < 1.29 is 23.1 Å². The van der Waals surface area contributed by atoms with Gasteiger partial charge in [-0.05, 0) is 78.5 Å². The number of nitrogens with zero attached hydrogens (tertiary/aromatic N) is 1. The molecule has 7 heteroatoms. The first-order valence-corrected chi connectivity index (χ1v) is 15.0. The van der Waals surface area contributed by atoms with Crippen molar-refractivity contribution in [3.05, 3.63) is 129 Å². The van der Waals surface area contributed by atoms with E-state index in [9.17, 15) is 23.1 Å². The molecule has 222 valence electrons. The highest BCUT2D eigenvalue weighted by molar-refractivity contribution is 7.85. The number of rotatable bonds is 9. The number of ketones is 1. The van der Waals surface area contributed by atoms with Crippen molar-refractivity contribution in [2.75, 3.05) is 0 Å². The summed E-state index contributed by atoms with van der Waals surface area (Å²) < 4.78 is 39.1. The Morgan fingerprint density at radius 1 is 1.05 bits per heavy atom. The van der Waals surface area contributed by atoms with E-state index in [0.29, 0.717) is 12.8 Å². The molecule has 1 N–H and O–H groups in total. The van der Waals surface area contributed by atoms with Crippen molar-refractivity contribution in [3.8, 4) is 5.75 Å². The summed E-state index contributed by atoms with van der Waals surface area (Å²) in [5, 5.41) is 10.6. The van der Waals surface area contributed by atoms with Crippen LogP contribution in [0.5, 0.6) is 5.75 Å². The highest BCUT2D eigenvalue weighted by Gasteiger charge is 2.31. The quantitative estimate of drug-likeness (QED) is 0.190. The van der Waals surface area contributed by atoms with E-state index in [0.717, 1.165) is 53.0 Å². The summed E-state index contributed by atoms with van der Waals surface area (Å²) >= 11 is 4.65. The van der Waals surface area contributed by atoms with E-state index in [1.54, 1.807) is 6.07 Å². The fraction of sp³-hybridized carbons (Fsp3) is 0.278. The second-order valence-electron chi connectivity index (χ2n) is 11.3. The number of hydrogen-bond donors (Lipinski definition) is 2. The summed E-state index contributed by atoms with van der Waals surface area (Å²) in [6.07, 6.45) is 5.41. The molecule has 3 aromatic rings. The van der Waals surface area contributed by atoms with Gasteiger partial charge in [-0.2, -0.15) is 13.2 Å². The van der Waals surface area contributed by atoms with Gasteiger partial charge in [-0.15, -0.1) is 12.6 Å². The number of aryl methyl sites for hydroxylation is 1. The first-order valence-electron chi connectivity index (χ1n) is 14.5. The SMILES string of the molecule is CC(Cc1cccc(CCCC(=O)c2cccc(C(F)(F)F)c2)c1)/C1=C/C(c2ccccc2O)=C/CC2=C(S)C=NC2C1. The molecular weight excluding hydrogens is 567 g/mol. The minimum atomic E-state index is -4.47. The standard InChI is InChI=1S/C36H34F3NO2S/c1-23(28-19-26(30-12-2-3-13-34(30)42)15-16-31-32(21-28)40-22-35(31)43)17-25-9-4-7-24(18-25)8-5-14-33(41)27-10-6-11-29(20-27)36(37,38)39/h2-4,6-7,9-13,15,18-20,22-23,32,42-43H,5,8,14,16-17,21H2,1H3/b26-15-,28-19+. The number of para-hydroxylation sites is 1. The molecule has 1 heterocycles. The van der Waals surface area contributed by atoms with E-state index < -0.39 is 11.7 Å². The first kappa shape index (κ1) is 30.6. The molecule has 0 bridgehead atoms. The van der Waals surface area contributed by atoms with Crippen LogP contribution in [0.2, 0.25) is 0 Å². The van der Waals surface area contributed by atoms with Crippen LogP contribution < -0.4 is 0 Å². The molecule has 2 unspecified atom stereocenters. The van der Waals surface area contributed by atoms with Crippen LogP contribution in [0.25, 0.3) is 5.57 Å². The third-order valence-electron chi connectivity index (χ3n) is 8.18. The number of carbonyl (C=O) groups is 1. The Morgan fingerprint density at radius 2 is 1.81 bits per heavy atom. The predicted octanol–water partition coefficient (Wildman–Crippen LogP) is 9.24. The van der Waals surface area contributed by atoms with E-state index in [1.165, 1.54) is 28.8 Å². The lowest BCUT2D eigenvalue weighted by Gasteiger charge is -2.24. The Morgan fingerprint density at radius 3 is 2.60 bits per heavy atom. The lowest BCUT2D eigenvalue weighted by Crippen LogP contribution is -2.14. The zero-order valence-corrected chi connectivity index (χ0v) is 24.8. The van der Waals surface area contributed by atoms with E-state index in [1.807, 2.05) is 36.5 Å². The van der Waals surface area contributed by atoms with E-state index in [4.69, 9.17) is 4.99 Å². The molecule has 0 spiro atoms. The Bertz CT molecular complexity index is 1630. The highest BCUT2D eigenvalue weighted by atomic mass is 32.1. The van der Waals surface area contributed by atoms with Crippen LogP contribution in [0.1, 0.15) is 65.2 Å². The van der Waals surface area contributed by atoms with Crippen LogP contribution >= 0.6 is 12.6 Å². The lowest BCUT2D eigenvalue weighted by molar-refractivity contribution is -0.137. The van der Waals surface area contributed by atoms with Crippen molar-refractivity contribution in [1.29, 1.82) is 0 Å². The monoisotopic (exact) mass is 601 g/mol. The summed E-state index contributed by atoms with van der Waals surface area (Å²) in [5.41, 5.74) is 5.77. The van der Waals surface area contributed by atoms with Gasteiger partial charge in [-0.25, -0.2) is 0 Å². The van der Waals surface area contributed by atoms with Crippen LogP contribution in [-0.4, -0.2) is 23.1 Å². The molecule has 3 aromatic carbocycles. The van der Waals surface area contributed by atoms with E-state index in [-0.39, 0.29) is 35.5 Å². The van der Waals surface area contributed by atoms with Crippen molar-refractivity contribution in [2.45, 2.75) is 57.7 Å². The number of fused-ring (bicyclic) bond motifs is 1. The van der Waals surface area contributed by atoms with E-state index >= 15 is 0 Å². The maximum absolute atomic E-state index is 13.0. The smallest absolute Gasteiger partial charge is 0.416 e. The first-order chi connectivity index (χ1) is 20.6. The Labute approximate surface area is 256 Å². The van der Waals surface area contributed by atoms with Crippen molar-refractivity contribution in [3.63, 3.8) is 0 Å². The Hall–Kier alpha value is -3.84. The fourth-order valence-corrected chi connectivity index (χ4v) is 6.10. The largest absolute Gasteiger partial charge is 0.507 e. The molecule has 0 fully saturated rings. The lowest BCUT2D eigenvalue weighted by atomic mass is 9.83. The zero-order chi connectivity index (χ0) is 30.6. The molecule has 0 radical (unpaired) electrons. The average Bonchev–Trinajstić information content (AvgIpc) is 3.30. The van der Waals surface area contributed by atoms with Crippen molar-refractivity contribution >= 4 is 30.2 Å². The number of allylic oxidation sites excluding steroid dienone is 4. The molecule has 2 aliphatic rings. The number of halogens is 3. The Kier molecular flexibility index (Phi) is 9.40. The van der Waals surface area contributed by atoms with E-state index in [2.05, 4.69) is 43.8 Å². The van der Waals surface area contributed by atoms with Crippen molar-refractivity contribution in [1.82, 2.24) is 0 Å². The predicted molar refractivity (Wildman–Crippen MR) is 170 cm³/mol. The van der Waals surface area contributed by atoms with Gasteiger partial charge in [0, 0.05) is 28.7 Å². The molecule has 3 nitrogen and oxygen atoms in total. The molecule has 0 saturated heterocycles. The van der Waals surface area contributed by atoms with Gasteiger partial charge in [0.05, 0.1) is 11.6 Å². The van der Waals surface area contributed by atoms with Gasteiger partial charge in [-0.3, -0.25) is 9.79 Å². The van der Waals surface area contributed by atoms with Crippen LogP contribution in [0, 0.1) is 5.92 Å². The number of benzene rings is 3. The molecule has 0 amide bonds. The number of hydrogen-bond acceptors (Lipinski definition) is 4. The average molecular weight is 602 g/mol. The Balaban J connectivity index is 1.27. The van der Waals surface area contributed by atoms with Gasteiger partial charge in [0.1, 0.15) is 5.75 Å². The minimum absolute atomic E-state index is 0.0593. The van der Waals surface area contributed by atoms with Gasteiger partial charge in [-0.1, -0.05) is 79.2 Å². The molecule has 0 saturated carbocycles. The normalized spacial score (nSPS) is 20.0. The molecule has 1 aliphatic carbocycles. The molecular formula is C36H34F3NO2S. The number of Topliss-reactive ketones (excluding diaryl/α,β-unsaturated/α-hetero) is 1. The second-order valence-corrected chi connectivity index (χ2v) is 11.8. The molecule has 5 rings (SSSR count). The van der Waals surface area contributed by atoms with Gasteiger partial charge in [0.2, 0.25) is 0 Å². The summed E-state index contributed by atoms with van der Waals surface area (Å²) in [4.78, 5) is 18.2. The van der Waals surface area contributed by atoms with Crippen LogP contribution in [0.15, 0.2) is 106 Å². The number of phenolic OH excluding ortho intramolecular Hbond substituents is 1. The number of aromatic hydroxyl groups is 1. The molecule has 1 aliphatic heterocycles. The highest BCUT2D eigenvalue weighted by Crippen LogP contribution is 2.38. The van der Waals surface area contributed by atoms with Gasteiger partial charge >= 0.3 is 6.18 Å². The molecule has 43 heavy (non-hydrogen) atoms. The molecule has 0 aromatic heterocycles. The summed E-state index contributed by atoms with van der Waals surface area (Å²) in [6.45, 7) is 2.21. The minimum Gasteiger partial charge on any atom is -0.507 e. The molecule has 2 atom stereocenters. The maximum Gasteiger partial charge on any atom is 0.416 e. The number of carbonyl (C=O) groups excluding carboxylic acids is 1. The van der Waals surface area contributed by atoms with Gasteiger partial charge < -0.3 is 5.11 Å². The summed E-state index contributed by atoms with van der Waals surface area (Å²) in [5.74, 6) is 0.161. The number of alkyl halides is 3.